The Morgan fingerprint density at radius 1 is 1.43 bits per heavy atom. The van der Waals surface area contributed by atoms with E-state index in [1.54, 1.807) is 18.2 Å². The molecule has 114 valence electrons. The van der Waals surface area contributed by atoms with E-state index in [-0.39, 0.29) is 17.5 Å². The van der Waals surface area contributed by atoms with Gasteiger partial charge in [-0.3, -0.25) is 0 Å². The number of aromatic nitrogens is 1. The van der Waals surface area contributed by atoms with Crippen molar-refractivity contribution in [1.82, 2.24) is 9.71 Å². The van der Waals surface area contributed by atoms with Crippen molar-refractivity contribution in [3.05, 3.63) is 45.9 Å². The lowest BCUT2D eigenvalue weighted by Crippen LogP contribution is -2.23. The Morgan fingerprint density at radius 2 is 2.19 bits per heavy atom. The summed E-state index contributed by atoms with van der Waals surface area (Å²) < 4.78 is 27.2. The first-order valence-corrected chi connectivity index (χ1v) is 9.05. The molecule has 21 heavy (non-hydrogen) atoms. The van der Waals surface area contributed by atoms with Crippen LogP contribution >= 0.6 is 11.3 Å². The van der Waals surface area contributed by atoms with Crippen molar-refractivity contribution in [3.63, 3.8) is 0 Å². The zero-order valence-corrected chi connectivity index (χ0v) is 13.7. The van der Waals surface area contributed by atoms with E-state index in [9.17, 15) is 8.42 Å². The number of sulfonamides is 1. The molecule has 0 radical (unpaired) electrons. The highest BCUT2D eigenvalue weighted by molar-refractivity contribution is 7.89. The van der Waals surface area contributed by atoms with E-state index in [1.165, 1.54) is 11.3 Å². The average molecular weight is 325 g/mol. The SMILES string of the molecule is CCC(N)c1cccc(S(=O)(=O)NCc2csc(C)n2)c1. The number of nitrogens with two attached hydrogens (primary N) is 1. The molecule has 2 aromatic rings. The van der Waals surface area contributed by atoms with Crippen molar-refractivity contribution >= 4 is 21.4 Å². The Morgan fingerprint density at radius 3 is 2.81 bits per heavy atom. The van der Waals surface area contributed by atoms with Crippen molar-refractivity contribution in [1.29, 1.82) is 0 Å². The summed E-state index contributed by atoms with van der Waals surface area (Å²) in [7, 11) is -3.55. The third-order valence-electron chi connectivity index (χ3n) is 3.15. The molecule has 1 heterocycles. The minimum atomic E-state index is -3.55. The molecule has 0 fully saturated rings. The van der Waals surface area contributed by atoms with Crippen LogP contribution in [0.1, 0.15) is 35.7 Å². The maximum atomic E-state index is 12.3. The molecule has 1 aromatic carbocycles. The highest BCUT2D eigenvalue weighted by atomic mass is 32.2. The average Bonchev–Trinajstić information content (AvgIpc) is 2.90. The maximum Gasteiger partial charge on any atom is 0.240 e. The quantitative estimate of drug-likeness (QED) is 0.853. The number of rotatable bonds is 6. The summed E-state index contributed by atoms with van der Waals surface area (Å²) in [6.45, 7) is 4.05. The summed E-state index contributed by atoms with van der Waals surface area (Å²) in [4.78, 5) is 4.47. The van der Waals surface area contributed by atoms with Crippen LogP contribution in [-0.2, 0) is 16.6 Å². The Bertz CT molecular complexity index is 711. The zero-order chi connectivity index (χ0) is 15.5. The maximum absolute atomic E-state index is 12.3. The van der Waals surface area contributed by atoms with Gasteiger partial charge in [-0.05, 0) is 31.0 Å². The van der Waals surface area contributed by atoms with Crippen molar-refractivity contribution in [2.75, 3.05) is 0 Å². The molecule has 0 aliphatic carbocycles. The van der Waals surface area contributed by atoms with E-state index in [4.69, 9.17) is 5.73 Å². The second-order valence-electron chi connectivity index (χ2n) is 4.77. The Balaban J connectivity index is 2.15. The molecule has 5 nitrogen and oxygen atoms in total. The molecule has 7 heteroatoms. The molecule has 1 aromatic heterocycles. The van der Waals surface area contributed by atoms with E-state index in [2.05, 4.69) is 9.71 Å². The number of hydrogen-bond donors (Lipinski definition) is 2. The number of benzene rings is 1. The van der Waals surface area contributed by atoms with E-state index in [1.807, 2.05) is 25.3 Å². The minimum Gasteiger partial charge on any atom is -0.324 e. The molecule has 0 saturated heterocycles. The first-order chi connectivity index (χ1) is 9.92. The van der Waals surface area contributed by atoms with Gasteiger partial charge in [0.1, 0.15) is 0 Å². The number of aryl methyl sites for hydroxylation is 1. The lowest BCUT2D eigenvalue weighted by molar-refractivity contribution is 0.580. The molecular weight excluding hydrogens is 306 g/mol. The number of hydrogen-bond acceptors (Lipinski definition) is 5. The van der Waals surface area contributed by atoms with Gasteiger partial charge in [0.15, 0.2) is 0 Å². The molecule has 1 unspecified atom stereocenters. The standard InChI is InChI=1S/C14H19N3O2S2/c1-3-14(15)11-5-4-6-13(7-11)21(18,19)16-8-12-9-20-10(2)17-12/h4-7,9,14,16H,3,8,15H2,1-2H3. The fraction of sp³-hybridized carbons (Fsp3) is 0.357. The van der Waals surface area contributed by atoms with E-state index in [0.29, 0.717) is 0 Å². The lowest BCUT2D eigenvalue weighted by Gasteiger charge is -2.11. The molecule has 0 spiro atoms. The second kappa shape index (κ2) is 6.65. The smallest absolute Gasteiger partial charge is 0.240 e. The predicted octanol–water partition coefficient (Wildman–Crippen LogP) is 2.34. The van der Waals surface area contributed by atoms with Crippen LogP contribution in [0.5, 0.6) is 0 Å². The van der Waals surface area contributed by atoms with Crippen LogP contribution in [-0.4, -0.2) is 13.4 Å². The van der Waals surface area contributed by atoms with Crippen LogP contribution in [0.15, 0.2) is 34.5 Å². The van der Waals surface area contributed by atoms with Gasteiger partial charge in [-0.1, -0.05) is 19.1 Å². The third-order valence-corrected chi connectivity index (χ3v) is 5.37. The van der Waals surface area contributed by atoms with Crippen molar-refractivity contribution in [2.45, 2.75) is 37.8 Å². The number of thiazole rings is 1. The first-order valence-electron chi connectivity index (χ1n) is 6.68. The molecule has 1 atom stereocenters. The Labute approximate surface area is 129 Å². The topological polar surface area (TPSA) is 85.1 Å². The van der Waals surface area contributed by atoms with Gasteiger partial charge >= 0.3 is 0 Å². The normalized spacial score (nSPS) is 13.3. The fourth-order valence-corrected chi connectivity index (χ4v) is 3.56. The summed E-state index contributed by atoms with van der Waals surface area (Å²) in [6, 6.07) is 6.61. The molecule has 0 amide bonds. The number of nitrogens with one attached hydrogen (secondary N) is 1. The van der Waals surface area contributed by atoms with E-state index >= 15 is 0 Å². The van der Waals surface area contributed by atoms with Gasteiger partial charge in [-0.2, -0.15) is 0 Å². The van der Waals surface area contributed by atoms with Gasteiger partial charge in [-0.25, -0.2) is 18.1 Å². The second-order valence-corrected chi connectivity index (χ2v) is 7.60. The minimum absolute atomic E-state index is 0.152. The molecule has 0 bridgehead atoms. The fourth-order valence-electron chi connectivity index (χ4n) is 1.89. The third kappa shape index (κ3) is 4.10. The number of nitrogens with zero attached hydrogens (tertiary/aromatic N) is 1. The Kier molecular flexibility index (Phi) is 5.10. The first kappa shape index (κ1) is 16.1. The highest BCUT2D eigenvalue weighted by Crippen LogP contribution is 2.18. The zero-order valence-electron chi connectivity index (χ0n) is 12.0. The monoisotopic (exact) mass is 325 g/mol. The van der Waals surface area contributed by atoms with E-state index in [0.717, 1.165) is 22.7 Å². The largest absolute Gasteiger partial charge is 0.324 e. The van der Waals surface area contributed by atoms with Crippen LogP contribution in [0.3, 0.4) is 0 Å². The van der Waals surface area contributed by atoms with Gasteiger partial charge in [0.05, 0.1) is 22.1 Å². The summed E-state index contributed by atoms with van der Waals surface area (Å²) in [5.74, 6) is 0. The van der Waals surface area contributed by atoms with Crippen LogP contribution < -0.4 is 10.5 Å². The highest BCUT2D eigenvalue weighted by Gasteiger charge is 2.16. The van der Waals surface area contributed by atoms with Crippen LogP contribution in [0.2, 0.25) is 0 Å². The summed E-state index contributed by atoms with van der Waals surface area (Å²) in [5.41, 5.74) is 7.50. The molecule has 0 aliphatic heterocycles. The lowest BCUT2D eigenvalue weighted by atomic mass is 10.1. The van der Waals surface area contributed by atoms with Crippen LogP contribution in [0, 0.1) is 6.92 Å². The van der Waals surface area contributed by atoms with Gasteiger partial charge in [0.25, 0.3) is 0 Å². The van der Waals surface area contributed by atoms with Crippen LogP contribution in [0.25, 0.3) is 0 Å². The molecule has 0 aliphatic rings. The molecule has 2 rings (SSSR count). The summed E-state index contributed by atoms with van der Waals surface area (Å²) >= 11 is 1.50. The molecule has 0 saturated carbocycles. The van der Waals surface area contributed by atoms with Gasteiger partial charge in [0.2, 0.25) is 10.0 Å². The summed E-state index contributed by atoms with van der Waals surface area (Å²) in [6.07, 6.45) is 0.759. The molecular formula is C14H19N3O2S2. The van der Waals surface area contributed by atoms with Gasteiger partial charge < -0.3 is 5.73 Å². The predicted molar refractivity (Wildman–Crippen MR) is 84.5 cm³/mol. The van der Waals surface area contributed by atoms with Crippen molar-refractivity contribution in [2.24, 2.45) is 5.73 Å². The van der Waals surface area contributed by atoms with E-state index < -0.39 is 10.0 Å². The van der Waals surface area contributed by atoms with Crippen LogP contribution in [0.4, 0.5) is 0 Å². The van der Waals surface area contributed by atoms with Gasteiger partial charge in [0, 0.05) is 11.4 Å². The molecule has 3 N–H and O–H groups in total. The Hall–Kier alpha value is -1.28. The van der Waals surface area contributed by atoms with Crippen molar-refractivity contribution < 1.29 is 8.42 Å². The summed E-state index contributed by atoms with van der Waals surface area (Å²) in [5, 5.41) is 2.77. The van der Waals surface area contributed by atoms with Gasteiger partial charge in [-0.15, -0.1) is 11.3 Å². The van der Waals surface area contributed by atoms with Crippen molar-refractivity contribution in [3.8, 4) is 0 Å².